The van der Waals surface area contributed by atoms with Crippen LogP contribution in [0.15, 0.2) is 6.07 Å². The number of nitrogen functional groups attached to an aromatic ring is 1. The fourth-order valence-electron chi connectivity index (χ4n) is 1.53. The van der Waals surface area contributed by atoms with Gasteiger partial charge in [0.15, 0.2) is 0 Å². The predicted octanol–water partition coefficient (Wildman–Crippen LogP) is 0.552. The van der Waals surface area contributed by atoms with Gasteiger partial charge in [-0.1, -0.05) is 0 Å². The highest BCUT2D eigenvalue weighted by Gasteiger charge is 2.41. The van der Waals surface area contributed by atoms with E-state index < -0.39 is 0 Å². The number of aryl methyl sites for hydroxylation is 1. The average molecular weight is 208 g/mol. The largest absolute Gasteiger partial charge is 0.396 e. The van der Waals surface area contributed by atoms with E-state index in [2.05, 4.69) is 15.3 Å². The molecular weight excluding hydrogens is 192 g/mol. The average Bonchev–Trinajstić information content (AvgIpc) is 2.94. The smallest absolute Gasteiger partial charge is 0.222 e. The van der Waals surface area contributed by atoms with Crippen molar-refractivity contribution in [3.63, 3.8) is 0 Å². The van der Waals surface area contributed by atoms with Gasteiger partial charge in [0, 0.05) is 23.7 Å². The van der Waals surface area contributed by atoms with Crippen molar-refractivity contribution in [1.29, 1.82) is 0 Å². The van der Waals surface area contributed by atoms with Crippen molar-refractivity contribution in [2.75, 3.05) is 24.2 Å². The van der Waals surface area contributed by atoms with Gasteiger partial charge in [-0.2, -0.15) is 4.98 Å². The second-order valence-corrected chi connectivity index (χ2v) is 4.26. The summed E-state index contributed by atoms with van der Waals surface area (Å²) >= 11 is 0. The van der Waals surface area contributed by atoms with Crippen molar-refractivity contribution >= 4 is 11.8 Å². The van der Waals surface area contributed by atoms with Crippen LogP contribution >= 0.6 is 0 Å². The third-order valence-corrected chi connectivity index (χ3v) is 2.81. The maximum atomic E-state index is 9.15. The van der Waals surface area contributed by atoms with Crippen molar-refractivity contribution in [1.82, 2.24) is 9.97 Å². The zero-order valence-electron chi connectivity index (χ0n) is 8.82. The quantitative estimate of drug-likeness (QED) is 0.673. The minimum absolute atomic E-state index is 0.0770. The summed E-state index contributed by atoms with van der Waals surface area (Å²) in [5.74, 6) is 1.02. The molecule has 0 aromatic carbocycles. The Kier molecular flexibility index (Phi) is 2.48. The molecule has 1 heterocycles. The number of aromatic nitrogens is 2. The van der Waals surface area contributed by atoms with Crippen LogP contribution in [0, 0.1) is 12.3 Å². The number of hydrogen-bond donors (Lipinski definition) is 3. The van der Waals surface area contributed by atoms with Crippen molar-refractivity contribution < 1.29 is 5.11 Å². The SMILES string of the molecule is Cc1cc(NCC2(CO)CC2)nc(N)n1. The molecule has 2 rings (SSSR count). The van der Waals surface area contributed by atoms with Crippen LogP contribution in [0.25, 0.3) is 0 Å². The molecule has 82 valence electrons. The van der Waals surface area contributed by atoms with Crippen LogP contribution in [0.2, 0.25) is 0 Å². The molecule has 0 amide bonds. The van der Waals surface area contributed by atoms with Crippen LogP contribution in [0.1, 0.15) is 18.5 Å². The molecule has 4 N–H and O–H groups in total. The number of aliphatic hydroxyl groups excluding tert-OH is 1. The number of anilines is 2. The van der Waals surface area contributed by atoms with E-state index in [9.17, 15) is 0 Å². The summed E-state index contributed by atoms with van der Waals surface area (Å²) in [7, 11) is 0. The van der Waals surface area contributed by atoms with E-state index in [4.69, 9.17) is 10.8 Å². The summed E-state index contributed by atoms with van der Waals surface area (Å²) in [5.41, 5.74) is 6.46. The third-order valence-electron chi connectivity index (χ3n) is 2.81. The summed E-state index contributed by atoms with van der Waals surface area (Å²) < 4.78 is 0. The molecule has 1 aromatic heterocycles. The van der Waals surface area contributed by atoms with Gasteiger partial charge in [-0.25, -0.2) is 4.98 Å². The van der Waals surface area contributed by atoms with Gasteiger partial charge in [0.1, 0.15) is 5.82 Å². The van der Waals surface area contributed by atoms with E-state index in [1.807, 2.05) is 13.0 Å². The highest BCUT2D eigenvalue weighted by Crippen LogP contribution is 2.44. The monoisotopic (exact) mass is 208 g/mol. The fourth-order valence-corrected chi connectivity index (χ4v) is 1.53. The fraction of sp³-hybridized carbons (Fsp3) is 0.600. The van der Waals surface area contributed by atoms with Crippen molar-refractivity contribution in [2.45, 2.75) is 19.8 Å². The van der Waals surface area contributed by atoms with Gasteiger partial charge < -0.3 is 16.2 Å². The lowest BCUT2D eigenvalue weighted by molar-refractivity contribution is 0.219. The van der Waals surface area contributed by atoms with Crippen LogP contribution in [0.3, 0.4) is 0 Å². The Bertz CT molecular complexity index is 342. The minimum atomic E-state index is 0.0770. The van der Waals surface area contributed by atoms with Gasteiger partial charge in [0.2, 0.25) is 5.95 Å². The van der Waals surface area contributed by atoms with Crippen LogP contribution in [-0.4, -0.2) is 28.2 Å². The van der Waals surface area contributed by atoms with Crippen molar-refractivity contribution in [3.05, 3.63) is 11.8 Å². The van der Waals surface area contributed by atoms with Crippen molar-refractivity contribution in [2.24, 2.45) is 5.41 Å². The van der Waals surface area contributed by atoms with Gasteiger partial charge in [-0.05, 0) is 19.8 Å². The van der Waals surface area contributed by atoms with Crippen molar-refractivity contribution in [3.8, 4) is 0 Å². The number of aliphatic hydroxyl groups is 1. The van der Waals surface area contributed by atoms with E-state index in [0.717, 1.165) is 30.9 Å². The minimum Gasteiger partial charge on any atom is -0.396 e. The second-order valence-electron chi connectivity index (χ2n) is 4.26. The molecule has 1 aromatic rings. The Hall–Kier alpha value is -1.36. The van der Waals surface area contributed by atoms with Gasteiger partial charge in [-0.3, -0.25) is 0 Å². The van der Waals surface area contributed by atoms with E-state index in [0.29, 0.717) is 0 Å². The summed E-state index contributed by atoms with van der Waals surface area (Å²) in [4.78, 5) is 8.06. The second kappa shape index (κ2) is 3.66. The molecule has 0 saturated heterocycles. The lowest BCUT2D eigenvalue weighted by Gasteiger charge is -2.13. The van der Waals surface area contributed by atoms with E-state index in [1.165, 1.54) is 0 Å². The number of rotatable bonds is 4. The molecule has 1 fully saturated rings. The Morgan fingerprint density at radius 1 is 1.53 bits per heavy atom. The summed E-state index contributed by atoms with van der Waals surface area (Å²) in [6.07, 6.45) is 2.16. The lowest BCUT2D eigenvalue weighted by atomic mass is 10.1. The van der Waals surface area contributed by atoms with Gasteiger partial charge in [0.05, 0.1) is 6.61 Å². The van der Waals surface area contributed by atoms with E-state index in [1.54, 1.807) is 0 Å². The highest BCUT2D eigenvalue weighted by atomic mass is 16.3. The molecule has 0 radical (unpaired) electrons. The van der Waals surface area contributed by atoms with Gasteiger partial charge in [-0.15, -0.1) is 0 Å². The van der Waals surface area contributed by atoms with E-state index in [-0.39, 0.29) is 18.0 Å². The summed E-state index contributed by atoms with van der Waals surface area (Å²) in [6, 6.07) is 1.85. The molecule has 1 aliphatic rings. The molecule has 1 saturated carbocycles. The van der Waals surface area contributed by atoms with Crippen LogP contribution in [0.4, 0.5) is 11.8 Å². The molecule has 0 atom stereocenters. The Morgan fingerprint density at radius 2 is 2.27 bits per heavy atom. The molecule has 0 bridgehead atoms. The van der Waals surface area contributed by atoms with Gasteiger partial charge >= 0.3 is 0 Å². The molecule has 5 nitrogen and oxygen atoms in total. The first-order valence-electron chi connectivity index (χ1n) is 5.09. The van der Waals surface area contributed by atoms with Crippen LogP contribution in [-0.2, 0) is 0 Å². The third kappa shape index (κ3) is 2.36. The maximum Gasteiger partial charge on any atom is 0.222 e. The van der Waals surface area contributed by atoms with Gasteiger partial charge in [0.25, 0.3) is 0 Å². The summed E-state index contributed by atoms with van der Waals surface area (Å²) in [5, 5.41) is 12.3. The standard InChI is InChI=1S/C10H16N4O/c1-7-4-8(14-9(11)13-7)12-5-10(6-15)2-3-10/h4,15H,2-3,5-6H2,1H3,(H3,11,12,13,14). The first-order chi connectivity index (χ1) is 7.13. The number of nitrogens with two attached hydrogens (primary N) is 1. The van der Waals surface area contributed by atoms with E-state index >= 15 is 0 Å². The number of nitrogens with one attached hydrogen (secondary N) is 1. The molecule has 15 heavy (non-hydrogen) atoms. The Labute approximate surface area is 88.7 Å². The highest BCUT2D eigenvalue weighted by molar-refractivity contribution is 5.40. The first kappa shape index (κ1) is 10.2. The zero-order valence-corrected chi connectivity index (χ0v) is 8.82. The predicted molar refractivity (Wildman–Crippen MR) is 58.4 cm³/mol. The Morgan fingerprint density at radius 3 is 2.80 bits per heavy atom. The maximum absolute atomic E-state index is 9.15. The Balaban J connectivity index is 1.99. The van der Waals surface area contributed by atoms with Crippen LogP contribution < -0.4 is 11.1 Å². The molecule has 5 heteroatoms. The normalized spacial score (nSPS) is 17.5. The number of nitrogens with zero attached hydrogens (tertiary/aromatic N) is 2. The molecule has 0 spiro atoms. The molecule has 0 aliphatic heterocycles. The molecular formula is C10H16N4O. The molecule has 1 aliphatic carbocycles. The number of hydrogen-bond acceptors (Lipinski definition) is 5. The first-order valence-corrected chi connectivity index (χ1v) is 5.09. The molecule has 0 unspecified atom stereocenters. The summed E-state index contributed by atoms with van der Waals surface area (Å²) in [6.45, 7) is 2.86. The topological polar surface area (TPSA) is 84.1 Å². The lowest BCUT2D eigenvalue weighted by Crippen LogP contribution is -2.19. The zero-order chi connectivity index (χ0) is 10.9. The van der Waals surface area contributed by atoms with Crippen LogP contribution in [0.5, 0.6) is 0 Å².